The Balaban J connectivity index is 1.47. The highest BCUT2D eigenvalue weighted by atomic mass is 35.5. The number of nitrogens with zero attached hydrogens (tertiary/aromatic N) is 6. The van der Waals surface area contributed by atoms with Gasteiger partial charge in [0, 0.05) is 38.9 Å². The summed E-state index contributed by atoms with van der Waals surface area (Å²) < 4.78 is 1.50. The van der Waals surface area contributed by atoms with Gasteiger partial charge >= 0.3 is 0 Å². The Bertz CT molecular complexity index is 826. The molecule has 0 amide bonds. The molecule has 1 aliphatic carbocycles. The Hall–Kier alpha value is -2.15. The van der Waals surface area contributed by atoms with E-state index in [0.717, 1.165) is 43.5 Å². The summed E-state index contributed by atoms with van der Waals surface area (Å²) in [6.07, 6.45) is 5.87. The fourth-order valence-corrected chi connectivity index (χ4v) is 3.41. The molecule has 2 aromatic rings. The molecule has 2 aromatic heterocycles. The highest BCUT2D eigenvalue weighted by Gasteiger charge is 2.25. The molecule has 132 valence electrons. The lowest BCUT2D eigenvalue weighted by molar-refractivity contribution is 0.531. The monoisotopic (exact) mass is 360 g/mol. The predicted octanol–water partition coefficient (Wildman–Crippen LogP) is 1.73. The average Bonchev–Trinajstić information content (AvgIpc) is 3.44. The molecular formula is C17H21ClN6O. The average molecular weight is 361 g/mol. The van der Waals surface area contributed by atoms with Crippen molar-refractivity contribution >= 4 is 23.1 Å². The highest BCUT2D eigenvalue weighted by molar-refractivity contribution is 6.33. The quantitative estimate of drug-likeness (QED) is 0.827. The maximum atomic E-state index is 12.4. The zero-order chi connectivity index (χ0) is 17.4. The van der Waals surface area contributed by atoms with E-state index in [1.165, 1.54) is 17.5 Å². The molecule has 0 radical (unpaired) electrons. The van der Waals surface area contributed by atoms with E-state index in [2.05, 4.69) is 24.9 Å². The molecule has 0 bridgehead atoms. The first-order valence-electron chi connectivity index (χ1n) is 8.67. The number of piperazine rings is 1. The van der Waals surface area contributed by atoms with Crippen molar-refractivity contribution in [3.05, 3.63) is 39.7 Å². The van der Waals surface area contributed by atoms with Crippen LogP contribution in [0.3, 0.4) is 0 Å². The second-order valence-corrected chi connectivity index (χ2v) is 7.09. The van der Waals surface area contributed by atoms with Gasteiger partial charge in [0.25, 0.3) is 5.56 Å². The molecule has 2 aliphatic rings. The first-order chi connectivity index (χ1) is 12.1. The summed E-state index contributed by atoms with van der Waals surface area (Å²) in [6, 6.07) is 1.93. The van der Waals surface area contributed by atoms with Crippen LogP contribution in [-0.4, -0.2) is 45.9 Å². The van der Waals surface area contributed by atoms with E-state index < -0.39 is 0 Å². The summed E-state index contributed by atoms with van der Waals surface area (Å²) in [5.41, 5.74) is 0.553. The number of aryl methyl sites for hydroxylation is 1. The lowest BCUT2D eigenvalue weighted by atomic mass is 10.2. The topological polar surface area (TPSA) is 67.2 Å². The highest BCUT2D eigenvalue weighted by Crippen LogP contribution is 2.30. The van der Waals surface area contributed by atoms with Gasteiger partial charge < -0.3 is 9.80 Å². The van der Waals surface area contributed by atoms with E-state index >= 15 is 0 Å². The molecule has 4 rings (SSSR count). The van der Waals surface area contributed by atoms with Crippen molar-refractivity contribution in [1.29, 1.82) is 0 Å². The molecule has 0 N–H and O–H groups in total. The van der Waals surface area contributed by atoms with Crippen LogP contribution in [0.15, 0.2) is 23.3 Å². The van der Waals surface area contributed by atoms with Crippen LogP contribution in [-0.2, 0) is 6.54 Å². The Labute approximate surface area is 151 Å². The number of rotatable bonds is 4. The SMILES string of the molecule is Cc1nccc(N2CCN(c3cnn(CC4CC4)c(=O)c3Cl)CC2)n1. The van der Waals surface area contributed by atoms with E-state index in [1.807, 2.05) is 13.0 Å². The molecule has 0 atom stereocenters. The summed E-state index contributed by atoms with van der Waals surface area (Å²) in [6.45, 7) is 5.75. The van der Waals surface area contributed by atoms with Crippen LogP contribution in [0.5, 0.6) is 0 Å². The van der Waals surface area contributed by atoms with Crippen molar-refractivity contribution in [3.63, 3.8) is 0 Å². The lowest BCUT2D eigenvalue weighted by Crippen LogP contribution is -2.47. The first-order valence-corrected chi connectivity index (χ1v) is 9.05. The van der Waals surface area contributed by atoms with Gasteiger partial charge in [-0.05, 0) is 31.7 Å². The Morgan fingerprint density at radius 3 is 2.60 bits per heavy atom. The van der Waals surface area contributed by atoms with Gasteiger partial charge in [0.2, 0.25) is 0 Å². The summed E-state index contributed by atoms with van der Waals surface area (Å²) in [7, 11) is 0. The fourth-order valence-electron chi connectivity index (χ4n) is 3.15. The minimum Gasteiger partial charge on any atom is -0.365 e. The molecule has 7 nitrogen and oxygen atoms in total. The van der Waals surface area contributed by atoms with E-state index in [1.54, 1.807) is 12.4 Å². The number of anilines is 2. The van der Waals surface area contributed by atoms with Gasteiger partial charge in [-0.25, -0.2) is 14.6 Å². The molecule has 0 aromatic carbocycles. The van der Waals surface area contributed by atoms with Gasteiger partial charge in [-0.3, -0.25) is 4.79 Å². The maximum Gasteiger partial charge on any atom is 0.287 e. The van der Waals surface area contributed by atoms with Crippen LogP contribution in [0.25, 0.3) is 0 Å². The first kappa shape index (κ1) is 16.3. The van der Waals surface area contributed by atoms with Crippen LogP contribution in [0.4, 0.5) is 11.5 Å². The van der Waals surface area contributed by atoms with Crippen LogP contribution >= 0.6 is 11.6 Å². The summed E-state index contributed by atoms with van der Waals surface area (Å²) in [5.74, 6) is 2.30. The van der Waals surface area contributed by atoms with Crippen LogP contribution < -0.4 is 15.4 Å². The predicted molar refractivity (Wildman–Crippen MR) is 97.4 cm³/mol. The Kier molecular flexibility index (Phi) is 4.33. The Morgan fingerprint density at radius 2 is 1.92 bits per heavy atom. The molecule has 1 saturated heterocycles. The van der Waals surface area contributed by atoms with Crippen molar-refractivity contribution in [3.8, 4) is 0 Å². The minimum absolute atomic E-state index is 0.181. The van der Waals surface area contributed by atoms with Gasteiger partial charge in [0.15, 0.2) is 0 Å². The zero-order valence-electron chi connectivity index (χ0n) is 14.2. The van der Waals surface area contributed by atoms with Crippen molar-refractivity contribution in [2.75, 3.05) is 36.0 Å². The van der Waals surface area contributed by atoms with Gasteiger partial charge in [-0.1, -0.05) is 11.6 Å². The third-order valence-corrected chi connectivity index (χ3v) is 5.16. The van der Waals surface area contributed by atoms with Gasteiger partial charge in [-0.2, -0.15) is 5.10 Å². The van der Waals surface area contributed by atoms with Gasteiger partial charge in [0.05, 0.1) is 11.9 Å². The molecule has 2 fully saturated rings. The molecule has 1 aliphatic heterocycles. The zero-order valence-corrected chi connectivity index (χ0v) is 15.0. The molecule has 0 unspecified atom stereocenters. The molecule has 3 heterocycles. The van der Waals surface area contributed by atoms with Crippen LogP contribution in [0.2, 0.25) is 5.02 Å². The van der Waals surface area contributed by atoms with Crippen LogP contribution in [0, 0.1) is 12.8 Å². The van der Waals surface area contributed by atoms with Crippen molar-refractivity contribution in [2.24, 2.45) is 5.92 Å². The van der Waals surface area contributed by atoms with E-state index in [-0.39, 0.29) is 10.6 Å². The number of hydrogen-bond acceptors (Lipinski definition) is 6. The summed E-state index contributed by atoms with van der Waals surface area (Å²) >= 11 is 6.36. The minimum atomic E-state index is -0.181. The van der Waals surface area contributed by atoms with E-state index in [0.29, 0.717) is 12.5 Å². The molecule has 8 heteroatoms. The Morgan fingerprint density at radius 1 is 1.20 bits per heavy atom. The molecule has 25 heavy (non-hydrogen) atoms. The van der Waals surface area contributed by atoms with Crippen molar-refractivity contribution in [2.45, 2.75) is 26.3 Å². The maximum absolute atomic E-state index is 12.4. The third-order valence-electron chi connectivity index (χ3n) is 4.80. The second-order valence-electron chi connectivity index (χ2n) is 6.71. The van der Waals surface area contributed by atoms with Crippen LogP contribution in [0.1, 0.15) is 18.7 Å². The smallest absolute Gasteiger partial charge is 0.287 e. The molecule has 0 spiro atoms. The number of aromatic nitrogens is 4. The molecular weight excluding hydrogens is 340 g/mol. The van der Waals surface area contributed by atoms with E-state index in [9.17, 15) is 4.79 Å². The normalized spacial score (nSPS) is 17.8. The van der Waals surface area contributed by atoms with Gasteiger partial charge in [-0.15, -0.1) is 0 Å². The fraction of sp³-hybridized carbons (Fsp3) is 0.529. The van der Waals surface area contributed by atoms with Crippen molar-refractivity contribution in [1.82, 2.24) is 19.7 Å². The largest absolute Gasteiger partial charge is 0.365 e. The third kappa shape index (κ3) is 3.46. The second kappa shape index (κ2) is 6.63. The molecule has 1 saturated carbocycles. The van der Waals surface area contributed by atoms with E-state index in [4.69, 9.17) is 11.6 Å². The summed E-state index contributed by atoms with van der Waals surface area (Å²) in [5, 5.41) is 4.61. The standard InChI is InChI=1S/C17H21ClN6O/c1-12-19-5-4-15(21-12)23-8-6-22(7-9-23)14-10-20-24(11-13-2-3-13)17(25)16(14)18/h4-5,10,13H,2-3,6-9,11H2,1H3. The van der Waals surface area contributed by atoms with Gasteiger partial charge in [0.1, 0.15) is 16.7 Å². The van der Waals surface area contributed by atoms with Crippen molar-refractivity contribution < 1.29 is 0 Å². The lowest BCUT2D eigenvalue weighted by Gasteiger charge is -2.36. The summed E-state index contributed by atoms with van der Waals surface area (Å²) in [4.78, 5) is 25.4. The number of hydrogen-bond donors (Lipinski definition) is 0. The number of halogens is 1.